The summed E-state index contributed by atoms with van der Waals surface area (Å²) in [5.74, 6) is -0.244. The maximum atomic E-state index is 13.8. The summed E-state index contributed by atoms with van der Waals surface area (Å²) in [5.41, 5.74) is 4.59. The summed E-state index contributed by atoms with van der Waals surface area (Å²) in [6.45, 7) is 3.21. The molecule has 0 aliphatic heterocycles. The van der Waals surface area contributed by atoms with E-state index < -0.39 is 27.4 Å². The number of benzene rings is 3. The number of ether oxygens (including phenoxy) is 2. The minimum atomic E-state index is -3.74. The number of sulfonamides is 1. The molecule has 3 rings (SSSR count). The number of hydrogen-bond donors (Lipinski definition) is 4. The zero-order chi connectivity index (χ0) is 30.2. The van der Waals surface area contributed by atoms with Gasteiger partial charge in [0.2, 0.25) is 15.9 Å². The highest BCUT2D eigenvalue weighted by molar-refractivity contribution is 7.92. The quantitative estimate of drug-likeness (QED) is 0.165. The number of carbonyl (C=O) groups excluding carboxylic acids is 1. The van der Waals surface area contributed by atoms with E-state index in [1.165, 1.54) is 17.1 Å². The van der Waals surface area contributed by atoms with Crippen LogP contribution in [0, 0.1) is 0 Å². The number of carbonyl (C=O) groups is 1. The van der Waals surface area contributed by atoms with Gasteiger partial charge in [-0.3, -0.25) is 9.52 Å². The van der Waals surface area contributed by atoms with Crippen LogP contribution in [0.5, 0.6) is 23.0 Å². The molecule has 0 aromatic heterocycles. The summed E-state index contributed by atoms with van der Waals surface area (Å²) in [4.78, 5) is 15.8. The van der Waals surface area contributed by atoms with Crippen LogP contribution in [-0.4, -0.2) is 76.6 Å². The van der Waals surface area contributed by atoms with Crippen LogP contribution in [0.25, 0.3) is 0 Å². The van der Waals surface area contributed by atoms with E-state index in [1.807, 2.05) is 44.1 Å². The third kappa shape index (κ3) is 9.00. The molecule has 4 N–H and O–H groups in total. The Kier molecular flexibility index (Phi) is 10.8. The number of hydrazine groups is 1. The molecule has 222 valence electrons. The number of rotatable bonds is 14. The molecule has 1 unspecified atom stereocenters. The number of nitrogens with zero attached hydrogens (tertiary/aromatic N) is 2. The first-order valence-corrected chi connectivity index (χ1v) is 14.9. The highest BCUT2D eigenvalue weighted by Crippen LogP contribution is 2.37. The smallest absolute Gasteiger partial charge is 0.248 e. The van der Waals surface area contributed by atoms with E-state index in [-0.39, 0.29) is 24.6 Å². The number of methoxy groups -OCH3 is 1. The molecule has 1 amide bonds. The number of anilines is 2. The molecule has 0 aliphatic rings. The van der Waals surface area contributed by atoms with Crippen molar-refractivity contribution in [2.75, 3.05) is 56.9 Å². The normalized spacial score (nSPS) is 12.1. The van der Waals surface area contributed by atoms with Gasteiger partial charge in [0.25, 0.3) is 0 Å². The summed E-state index contributed by atoms with van der Waals surface area (Å²) in [7, 11) is 1.75. The van der Waals surface area contributed by atoms with Gasteiger partial charge in [-0.1, -0.05) is 24.3 Å². The Morgan fingerprint density at radius 3 is 2.37 bits per heavy atom. The lowest BCUT2D eigenvalue weighted by Crippen LogP contribution is -2.46. The molecule has 0 radical (unpaired) electrons. The van der Waals surface area contributed by atoms with Gasteiger partial charge in [-0.25, -0.2) is 18.9 Å². The molecule has 0 fully saturated rings. The second-order valence-electron chi connectivity index (χ2n) is 9.82. The lowest BCUT2D eigenvalue weighted by atomic mass is 10.00. The lowest BCUT2D eigenvalue weighted by Gasteiger charge is -2.27. The van der Waals surface area contributed by atoms with Crippen molar-refractivity contribution in [1.29, 1.82) is 0 Å². The molecule has 1 atom stereocenters. The second kappa shape index (κ2) is 14.1. The molecule has 0 heterocycles. The Balaban J connectivity index is 1.85. The summed E-state index contributed by atoms with van der Waals surface area (Å²) >= 11 is 0. The van der Waals surface area contributed by atoms with Gasteiger partial charge in [0.05, 0.1) is 25.0 Å². The number of amides is 1. The molecule has 3 aromatic carbocycles. The van der Waals surface area contributed by atoms with Crippen molar-refractivity contribution in [3.8, 4) is 23.0 Å². The number of hydrogen-bond acceptors (Lipinski definition) is 9. The Hall–Kier alpha value is -4.00. The van der Waals surface area contributed by atoms with E-state index in [9.17, 15) is 23.4 Å². The largest absolute Gasteiger partial charge is 0.506 e. The van der Waals surface area contributed by atoms with Crippen molar-refractivity contribution >= 4 is 27.3 Å². The molecule has 0 saturated heterocycles. The number of aromatic hydroxyl groups is 2. The Morgan fingerprint density at radius 1 is 1.02 bits per heavy atom. The van der Waals surface area contributed by atoms with E-state index in [2.05, 4.69) is 10.1 Å². The van der Waals surface area contributed by atoms with Gasteiger partial charge in [0.15, 0.2) is 0 Å². The average molecular weight is 587 g/mol. The first-order valence-electron chi connectivity index (χ1n) is 13.0. The predicted molar refractivity (Wildman–Crippen MR) is 159 cm³/mol. The zero-order valence-electron chi connectivity index (χ0n) is 23.9. The van der Waals surface area contributed by atoms with Gasteiger partial charge in [-0.15, -0.1) is 0 Å². The molecule has 11 nitrogen and oxygen atoms in total. The average Bonchev–Trinajstić information content (AvgIpc) is 2.93. The minimum Gasteiger partial charge on any atom is -0.506 e. The number of phenolic OH excluding ortho intramolecular Hbond substituents is 2. The fraction of sp³-hybridized carbons (Fsp3) is 0.345. The summed E-state index contributed by atoms with van der Waals surface area (Å²) < 4.78 is 36.6. The van der Waals surface area contributed by atoms with Crippen LogP contribution in [0.4, 0.5) is 11.4 Å². The maximum Gasteiger partial charge on any atom is 0.248 e. The summed E-state index contributed by atoms with van der Waals surface area (Å²) in [6, 6.07) is 17.2. The number of likely N-dealkylation sites (N-methyl/N-ethyl adjacent to an activating group) is 1. The fourth-order valence-electron chi connectivity index (χ4n) is 4.00. The van der Waals surface area contributed by atoms with Crippen molar-refractivity contribution in [2.24, 2.45) is 0 Å². The van der Waals surface area contributed by atoms with Gasteiger partial charge < -0.3 is 24.6 Å². The van der Waals surface area contributed by atoms with Crippen LogP contribution in [0.1, 0.15) is 24.0 Å². The lowest BCUT2D eigenvalue weighted by molar-refractivity contribution is -0.120. The Morgan fingerprint density at radius 2 is 1.73 bits per heavy atom. The first kappa shape index (κ1) is 31.5. The van der Waals surface area contributed by atoms with Gasteiger partial charge in [-0.05, 0) is 68.9 Å². The van der Waals surface area contributed by atoms with E-state index >= 15 is 0 Å². The van der Waals surface area contributed by atoms with Gasteiger partial charge >= 0.3 is 0 Å². The van der Waals surface area contributed by atoms with E-state index in [1.54, 1.807) is 37.4 Å². The fourth-order valence-corrected chi connectivity index (χ4v) is 4.57. The van der Waals surface area contributed by atoms with Crippen molar-refractivity contribution in [2.45, 2.75) is 19.3 Å². The zero-order valence-corrected chi connectivity index (χ0v) is 24.7. The van der Waals surface area contributed by atoms with Gasteiger partial charge in [0.1, 0.15) is 35.3 Å². The summed E-state index contributed by atoms with van der Waals surface area (Å²) in [5, 5.41) is 22.1. The molecular weight excluding hydrogens is 548 g/mol. The van der Waals surface area contributed by atoms with Gasteiger partial charge in [0, 0.05) is 19.2 Å². The highest BCUT2D eigenvalue weighted by Gasteiger charge is 2.24. The standard InChI is InChI=1S/C29H38N4O7S/c1-20(21-9-12-24(39-4)13-10-21)29(36)33(23-7-6-8-25(19-23)40-18-17-32(2)3)30-16-15-22-11-14-26(34)27(28(22)35)31-41(5,37)38/h6-14,19-20,30-31,34-35H,15-18H2,1-5H3. The second-order valence-corrected chi connectivity index (χ2v) is 11.6. The monoisotopic (exact) mass is 586 g/mol. The van der Waals surface area contributed by atoms with Crippen LogP contribution in [-0.2, 0) is 21.2 Å². The molecule has 0 saturated carbocycles. The maximum absolute atomic E-state index is 13.8. The molecule has 3 aromatic rings. The van der Waals surface area contributed by atoms with Crippen molar-refractivity contribution < 1.29 is 32.9 Å². The molecular formula is C29H38N4O7S. The van der Waals surface area contributed by atoms with E-state index in [0.29, 0.717) is 29.4 Å². The van der Waals surface area contributed by atoms with Gasteiger partial charge in [-0.2, -0.15) is 0 Å². The SMILES string of the molecule is COc1ccc(C(C)C(=O)N(NCCc2ccc(O)c(NS(C)(=O)=O)c2O)c2cccc(OCCN(C)C)c2)cc1. The Labute approximate surface area is 241 Å². The highest BCUT2D eigenvalue weighted by atomic mass is 32.2. The van der Waals surface area contributed by atoms with Crippen molar-refractivity contribution in [3.05, 3.63) is 71.8 Å². The predicted octanol–water partition coefficient (Wildman–Crippen LogP) is 3.30. The minimum absolute atomic E-state index is 0.198. The van der Waals surface area contributed by atoms with Crippen LogP contribution in [0.3, 0.4) is 0 Å². The third-order valence-electron chi connectivity index (χ3n) is 6.28. The molecule has 0 aliphatic carbocycles. The van der Waals surface area contributed by atoms with Crippen LogP contribution >= 0.6 is 0 Å². The molecule has 0 bridgehead atoms. The van der Waals surface area contributed by atoms with Crippen LogP contribution < -0.4 is 24.6 Å². The molecule has 12 heteroatoms. The van der Waals surface area contributed by atoms with Crippen LogP contribution in [0.2, 0.25) is 0 Å². The van der Waals surface area contributed by atoms with Crippen LogP contribution in [0.15, 0.2) is 60.7 Å². The Bertz CT molecular complexity index is 1430. The molecule has 41 heavy (non-hydrogen) atoms. The summed E-state index contributed by atoms with van der Waals surface area (Å²) in [6.07, 6.45) is 1.14. The number of nitrogens with one attached hydrogen (secondary N) is 2. The van der Waals surface area contributed by atoms with Crippen molar-refractivity contribution in [1.82, 2.24) is 10.3 Å². The molecule has 0 spiro atoms. The first-order chi connectivity index (χ1) is 19.4. The topological polar surface area (TPSA) is 141 Å². The number of phenols is 2. The third-order valence-corrected chi connectivity index (χ3v) is 6.86. The van der Waals surface area contributed by atoms with Crippen molar-refractivity contribution in [3.63, 3.8) is 0 Å². The van der Waals surface area contributed by atoms with E-state index in [0.717, 1.165) is 18.4 Å². The van der Waals surface area contributed by atoms with E-state index in [4.69, 9.17) is 9.47 Å².